The van der Waals surface area contributed by atoms with Gasteiger partial charge >= 0.3 is 12.1 Å². The fourth-order valence-electron chi connectivity index (χ4n) is 2.34. The minimum Gasteiger partial charge on any atom is -0.481 e. The van der Waals surface area contributed by atoms with Crippen molar-refractivity contribution >= 4 is 5.97 Å². The second-order valence-corrected chi connectivity index (χ2v) is 4.29. The summed E-state index contributed by atoms with van der Waals surface area (Å²) in [7, 11) is 0. The Hall–Kier alpha value is -1.56. The normalized spacial score (nSPS) is 24.2. The summed E-state index contributed by atoms with van der Waals surface area (Å²) in [6, 6.07) is 5.16. The number of alkyl halides is 3. The zero-order chi connectivity index (χ0) is 13.3. The molecule has 1 saturated heterocycles. The molecule has 0 amide bonds. The first-order chi connectivity index (χ1) is 8.41. The topological polar surface area (TPSA) is 49.3 Å². The lowest BCUT2D eigenvalue weighted by Crippen LogP contribution is -2.23. The summed E-state index contributed by atoms with van der Waals surface area (Å²) < 4.78 is 38.6. The predicted molar refractivity (Wildman–Crippen MR) is 58.2 cm³/mol. The van der Waals surface area contributed by atoms with Crippen LogP contribution in [0.2, 0.25) is 0 Å². The maximum atomic E-state index is 12.9. The standard InChI is InChI=1S/C12H12F3NO2/c13-12(14,15)10-4-2-1-3-7(10)8-5-16-6-9(8)11(17)18/h1-4,8-9,16H,5-6H2,(H,17,18). The second-order valence-electron chi connectivity index (χ2n) is 4.29. The molecule has 0 saturated carbocycles. The number of carboxylic acids is 1. The van der Waals surface area contributed by atoms with Gasteiger partial charge in [-0.3, -0.25) is 4.79 Å². The van der Waals surface area contributed by atoms with Crippen LogP contribution in [0.4, 0.5) is 13.2 Å². The molecule has 98 valence electrons. The van der Waals surface area contributed by atoms with Gasteiger partial charge in [-0.15, -0.1) is 0 Å². The van der Waals surface area contributed by atoms with E-state index < -0.39 is 29.5 Å². The lowest BCUT2D eigenvalue weighted by molar-refractivity contribution is -0.143. The lowest BCUT2D eigenvalue weighted by Gasteiger charge is -2.20. The minimum atomic E-state index is -4.46. The van der Waals surface area contributed by atoms with Crippen molar-refractivity contribution in [2.45, 2.75) is 12.1 Å². The molecule has 18 heavy (non-hydrogen) atoms. The van der Waals surface area contributed by atoms with E-state index in [2.05, 4.69) is 5.32 Å². The molecule has 0 bridgehead atoms. The van der Waals surface area contributed by atoms with E-state index in [9.17, 15) is 18.0 Å². The van der Waals surface area contributed by atoms with Crippen molar-refractivity contribution in [2.24, 2.45) is 5.92 Å². The molecule has 1 aromatic rings. The van der Waals surface area contributed by atoms with E-state index in [0.717, 1.165) is 6.07 Å². The number of carboxylic acid groups (broad SMARTS) is 1. The number of nitrogens with one attached hydrogen (secondary N) is 1. The summed E-state index contributed by atoms with van der Waals surface area (Å²) >= 11 is 0. The highest BCUT2D eigenvalue weighted by Gasteiger charge is 2.40. The highest BCUT2D eigenvalue weighted by Crippen LogP contribution is 2.38. The van der Waals surface area contributed by atoms with E-state index in [1.54, 1.807) is 0 Å². The number of aliphatic carboxylic acids is 1. The van der Waals surface area contributed by atoms with Crippen LogP contribution >= 0.6 is 0 Å². The Balaban J connectivity index is 2.42. The molecular weight excluding hydrogens is 247 g/mol. The molecule has 1 heterocycles. The average molecular weight is 259 g/mol. The molecule has 0 radical (unpaired) electrons. The van der Waals surface area contributed by atoms with Gasteiger partial charge in [-0.2, -0.15) is 13.2 Å². The van der Waals surface area contributed by atoms with E-state index >= 15 is 0 Å². The van der Waals surface area contributed by atoms with Crippen LogP contribution < -0.4 is 5.32 Å². The Labute approximate surface area is 102 Å². The molecule has 1 aliphatic heterocycles. The van der Waals surface area contributed by atoms with E-state index in [0.29, 0.717) is 0 Å². The summed E-state index contributed by atoms with van der Waals surface area (Å²) in [5, 5.41) is 11.9. The fraction of sp³-hybridized carbons (Fsp3) is 0.417. The van der Waals surface area contributed by atoms with Gasteiger partial charge < -0.3 is 10.4 Å². The Bertz CT molecular complexity index is 459. The highest BCUT2D eigenvalue weighted by atomic mass is 19.4. The average Bonchev–Trinajstić information content (AvgIpc) is 2.76. The number of hydrogen-bond donors (Lipinski definition) is 2. The van der Waals surface area contributed by atoms with Crippen LogP contribution in [0.15, 0.2) is 24.3 Å². The van der Waals surface area contributed by atoms with Crippen molar-refractivity contribution in [1.29, 1.82) is 0 Å². The number of carbonyl (C=O) groups is 1. The molecule has 1 aliphatic rings. The number of hydrogen-bond acceptors (Lipinski definition) is 2. The third-order valence-electron chi connectivity index (χ3n) is 3.20. The molecule has 2 N–H and O–H groups in total. The molecule has 3 nitrogen and oxygen atoms in total. The number of halogens is 3. The van der Waals surface area contributed by atoms with Crippen LogP contribution in [0, 0.1) is 5.92 Å². The van der Waals surface area contributed by atoms with Gasteiger partial charge in [0, 0.05) is 19.0 Å². The monoisotopic (exact) mass is 259 g/mol. The van der Waals surface area contributed by atoms with Gasteiger partial charge in [-0.25, -0.2) is 0 Å². The van der Waals surface area contributed by atoms with Crippen LogP contribution in [0.5, 0.6) is 0 Å². The maximum Gasteiger partial charge on any atom is 0.416 e. The highest BCUT2D eigenvalue weighted by molar-refractivity contribution is 5.72. The van der Waals surface area contributed by atoms with Gasteiger partial charge in [-0.05, 0) is 11.6 Å². The molecule has 1 aromatic carbocycles. The molecule has 6 heteroatoms. The van der Waals surface area contributed by atoms with Crippen molar-refractivity contribution in [1.82, 2.24) is 5.32 Å². The third-order valence-corrected chi connectivity index (χ3v) is 3.20. The van der Waals surface area contributed by atoms with E-state index in [-0.39, 0.29) is 18.7 Å². The molecule has 1 fully saturated rings. The first-order valence-electron chi connectivity index (χ1n) is 5.51. The van der Waals surface area contributed by atoms with Crippen molar-refractivity contribution in [3.05, 3.63) is 35.4 Å². The fourth-order valence-corrected chi connectivity index (χ4v) is 2.34. The van der Waals surface area contributed by atoms with Crippen molar-refractivity contribution in [3.8, 4) is 0 Å². The van der Waals surface area contributed by atoms with Gasteiger partial charge in [0.05, 0.1) is 11.5 Å². The predicted octanol–water partition coefficient (Wildman–Crippen LogP) is 2.09. The first-order valence-corrected chi connectivity index (χ1v) is 5.51. The second kappa shape index (κ2) is 4.61. The van der Waals surface area contributed by atoms with E-state index in [1.807, 2.05) is 0 Å². The van der Waals surface area contributed by atoms with Crippen LogP contribution in [0.25, 0.3) is 0 Å². The zero-order valence-corrected chi connectivity index (χ0v) is 9.37. The summed E-state index contributed by atoms with van der Waals surface area (Å²) in [6.07, 6.45) is -4.46. The quantitative estimate of drug-likeness (QED) is 0.855. The Morgan fingerprint density at radius 2 is 1.94 bits per heavy atom. The molecule has 2 atom stereocenters. The van der Waals surface area contributed by atoms with Crippen molar-refractivity contribution in [3.63, 3.8) is 0 Å². The lowest BCUT2D eigenvalue weighted by atomic mass is 9.86. The Kier molecular flexibility index (Phi) is 3.30. The molecule has 0 aliphatic carbocycles. The minimum absolute atomic E-state index is 0.0578. The van der Waals surface area contributed by atoms with Crippen molar-refractivity contribution < 1.29 is 23.1 Å². The van der Waals surface area contributed by atoms with Gasteiger partial charge in [0.25, 0.3) is 0 Å². The third kappa shape index (κ3) is 2.33. The van der Waals surface area contributed by atoms with Crippen LogP contribution in [0.3, 0.4) is 0 Å². The van der Waals surface area contributed by atoms with E-state index in [4.69, 9.17) is 5.11 Å². The van der Waals surface area contributed by atoms with Gasteiger partial charge in [-0.1, -0.05) is 18.2 Å². The molecule has 2 unspecified atom stereocenters. The van der Waals surface area contributed by atoms with Crippen molar-refractivity contribution in [2.75, 3.05) is 13.1 Å². The first kappa shape index (κ1) is 12.9. The Morgan fingerprint density at radius 1 is 1.28 bits per heavy atom. The largest absolute Gasteiger partial charge is 0.481 e. The van der Waals surface area contributed by atoms with E-state index in [1.165, 1.54) is 18.2 Å². The number of rotatable bonds is 2. The molecule has 0 spiro atoms. The van der Waals surface area contributed by atoms with Crippen LogP contribution in [-0.4, -0.2) is 24.2 Å². The van der Waals surface area contributed by atoms with Gasteiger partial charge in [0.15, 0.2) is 0 Å². The summed E-state index contributed by atoms with van der Waals surface area (Å²) in [6.45, 7) is 0.455. The van der Waals surface area contributed by atoms with Crippen LogP contribution in [-0.2, 0) is 11.0 Å². The molecule has 2 rings (SSSR count). The summed E-state index contributed by atoms with van der Waals surface area (Å²) in [4.78, 5) is 11.0. The van der Waals surface area contributed by atoms with Crippen LogP contribution in [0.1, 0.15) is 17.0 Å². The van der Waals surface area contributed by atoms with Gasteiger partial charge in [0.2, 0.25) is 0 Å². The SMILES string of the molecule is O=C(O)C1CNCC1c1ccccc1C(F)(F)F. The maximum absolute atomic E-state index is 12.9. The number of benzene rings is 1. The summed E-state index contributed by atoms with van der Waals surface area (Å²) in [5.74, 6) is -2.52. The Morgan fingerprint density at radius 3 is 2.56 bits per heavy atom. The smallest absolute Gasteiger partial charge is 0.416 e. The molecular formula is C12H12F3NO2. The zero-order valence-electron chi connectivity index (χ0n) is 9.37. The summed E-state index contributed by atoms with van der Waals surface area (Å²) in [5.41, 5.74) is -0.688. The molecule has 0 aromatic heterocycles. The van der Waals surface area contributed by atoms with Gasteiger partial charge in [0.1, 0.15) is 0 Å².